The first-order valence-corrected chi connectivity index (χ1v) is 6.00. The molecule has 0 amide bonds. The zero-order chi connectivity index (χ0) is 11.5. The monoisotopic (exact) mass is 217 g/mol. The summed E-state index contributed by atoms with van der Waals surface area (Å²) in [5.74, 6) is 0.639. The van der Waals surface area contributed by atoms with Gasteiger partial charge in [0.1, 0.15) is 0 Å². The first kappa shape index (κ1) is 14.9. The zero-order valence-corrected chi connectivity index (χ0v) is 10.7. The van der Waals surface area contributed by atoms with E-state index in [2.05, 4.69) is 19.2 Å². The van der Waals surface area contributed by atoms with Gasteiger partial charge in [-0.25, -0.2) is 0 Å². The van der Waals surface area contributed by atoms with Gasteiger partial charge >= 0.3 is 0 Å². The van der Waals surface area contributed by atoms with Crippen molar-refractivity contribution in [2.24, 2.45) is 5.92 Å². The van der Waals surface area contributed by atoms with E-state index in [0.717, 1.165) is 39.1 Å². The van der Waals surface area contributed by atoms with Crippen molar-refractivity contribution in [2.75, 3.05) is 34.0 Å². The van der Waals surface area contributed by atoms with Crippen LogP contribution >= 0.6 is 0 Å². The van der Waals surface area contributed by atoms with E-state index in [0.29, 0.717) is 12.0 Å². The SMILES string of the molecule is CCCOCCC(NC)C(C)CCOC. The second-order valence-corrected chi connectivity index (χ2v) is 4.05. The lowest BCUT2D eigenvalue weighted by Crippen LogP contribution is -2.33. The normalized spacial score (nSPS) is 15.2. The number of ether oxygens (including phenoxy) is 2. The van der Waals surface area contributed by atoms with Crippen molar-refractivity contribution in [2.45, 2.75) is 39.2 Å². The molecule has 92 valence electrons. The minimum atomic E-state index is 0.539. The predicted octanol–water partition coefficient (Wildman–Crippen LogP) is 2.06. The molecule has 15 heavy (non-hydrogen) atoms. The highest BCUT2D eigenvalue weighted by Crippen LogP contribution is 2.11. The van der Waals surface area contributed by atoms with Crippen LogP contribution < -0.4 is 5.32 Å². The topological polar surface area (TPSA) is 30.5 Å². The molecule has 0 heterocycles. The quantitative estimate of drug-likeness (QED) is 0.568. The van der Waals surface area contributed by atoms with Crippen LogP contribution in [0, 0.1) is 5.92 Å². The van der Waals surface area contributed by atoms with Crippen molar-refractivity contribution in [1.29, 1.82) is 0 Å². The smallest absolute Gasteiger partial charge is 0.0480 e. The van der Waals surface area contributed by atoms with E-state index in [1.165, 1.54) is 0 Å². The second-order valence-electron chi connectivity index (χ2n) is 4.05. The van der Waals surface area contributed by atoms with Gasteiger partial charge in [0.05, 0.1) is 0 Å². The molecule has 0 aromatic heterocycles. The molecule has 2 atom stereocenters. The van der Waals surface area contributed by atoms with Crippen LogP contribution in [0.2, 0.25) is 0 Å². The van der Waals surface area contributed by atoms with Gasteiger partial charge in [0, 0.05) is 33.0 Å². The molecule has 0 aliphatic rings. The van der Waals surface area contributed by atoms with E-state index >= 15 is 0 Å². The zero-order valence-electron chi connectivity index (χ0n) is 10.7. The van der Waals surface area contributed by atoms with Crippen molar-refractivity contribution in [1.82, 2.24) is 5.32 Å². The van der Waals surface area contributed by atoms with Crippen LogP contribution in [0.3, 0.4) is 0 Å². The Balaban J connectivity index is 3.60. The van der Waals surface area contributed by atoms with Gasteiger partial charge in [0.2, 0.25) is 0 Å². The number of nitrogens with one attached hydrogen (secondary N) is 1. The molecule has 0 aromatic carbocycles. The van der Waals surface area contributed by atoms with Gasteiger partial charge in [0.25, 0.3) is 0 Å². The number of hydrogen-bond donors (Lipinski definition) is 1. The summed E-state index contributed by atoms with van der Waals surface area (Å²) >= 11 is 0. The van der Waals surface area contributed by atoms with Gasteiger partial charge in [-0.2, -0.15) is 0 Å². The Morgan fingerprint density at radius 2 is 1.87 bits per heavy atom. The van der Waals surface area contributed by atoms with E-state index in [4.69, 9.17) is 9.47 Å². The summed E-state index contributed by atoms with van der Waals surface area (Å²) in [6, 6.07) is 0.539. The summed E-state index contributed by atoms with van der Waals surface area (Å²) in [4.78, 5) is 0. The summed E-state index contributed by atoms with van der Waals surface area (Å²) in [5.41, 5.74) is 0. The van der Waals surface area contributed by atoms with Crippen LogP contribution in [0.1, 0.15) is 33.1 Å². The van der Waals surface area contributed by atoms with E-state index in [1.807, 2.05) is 7.05 Å². The van der Waals surface area contributed by atoms with Crippen LogP contribution in [-0.4, -0.2) is 40.0 Å². The van der Waals surface area contributed by atoms with Gasteiger partial charge in [0.15, 0.2) is 0 Å². The molecule has 0 fully saturated rings. The largest absolute Gasteiger partial charge is 0.385 e. The van der Waals surface area contributed by atoms with E-state index < -0.39 is 0 Å². The standard InChI is InChI=1S/C12H27NO2/c1-5-8-15-10-7-12(13-3)11(2)6-9-14-4/h11-13H,5-10H2,1-4H3. The first-order valence-electron chi connectivity index (χ1n) is 6.00. The lowest BCUT2D eigenvalue weighted by Gasteiger charge is -2.23. The van der Waals surface area contributed by atoms with Gasteiger partial charge in [-0.05, 0) is 32.2 Å². The van der Waals surface area contributed by atoms with Crippen LogP contribution in [0.25, 0.3) is 0 Å². The first-order chi connectivity index (χ1) is 7.26. The Labute approximate surface area is 94.5 Å². The fourth-order valence-electron chi connectivity index (χ4n) is 1.68. The summed E-state index contributed by atoms with van der Waals surface area (Å²) in [6.07, 6.45) is 3.29. The molecule has 0 bridgehead atoms. The average Bonchev–Trinajstić information content (AvgIpc) is 2.26. The van der Waals surface area contributed by atoms with Gasteiger partial charge in [-0.1, -0.05) is 13.8 Å². The third-order valence-corrected chi connectivity index (χ3v) is 2.76. The maximum absolute atomic E-state index is 5.50. The number of hydrogen-bond acceptors (Lipinski definition) is 3. The Kier molecular flexibility index (Phi) is 10.3. The van der Waals surface area contributed by atoms with Crippen molar-refractivity contribution >= 4 is 0 Å². The summed E-state index contributed by atoms with van der Waals surface area (Å²) in [7, 11) is 3.78. The predicted molar refractivity (Wildman–Crippen MR) is 64.2 cm³/mol. The minimum absolute atomic E-state index is 0.539. The Morgan fingerprint density at radius 1 is 1.13 bits per heavy atom. The van der Waals surface area contributed by atoms with Gasteiger partial charge in [-0.15, -0.1) is 0 Å². The van der Waals surface area contributed by atoms with E-state index in [1.54, 1.807) is 7.11 Å². The molecule has 1 N–H and O–H groups in total. The highest BCUT2D eigenvalue weighted by atomic mass is 16.5. The molecule has 0 aliphatic carbocycles. The van der Waals surface area contributed by atoms with Crippen LogP contribution in [0.15, 0.2) is 0 Å². The number of rotatable bonds is 10. The Morgan fingerprint density at radius 3 is 2.40 bits per heavy atom. The summed E-state index contributed by atoms with van der Waals surface area (Å²) in [6.45, 7) is 6.98. The number of methoxy groups -OCH3 is 1. The van der Waals surface area contributed by atoms with E-state index in [9.17, 15) is 0 Å². The second kappa shape index (κ2) is 10.4. The Bertz CT molecular complexity index is 131. The molecular formula is C12H27NO2. The summed E-state index contributed by atoms with van der Waals surface area (Å²) < 4.78 is 10.6. The Hall–Kier alpha value is -0.120. The molecule has 3 nitrogen and oxygen atoms in total. The van der Waals surface area contributed by atoms with Crippen LogP contribution in [-0.2, 0) is 9.47 Å². The molecule has 2 unspecified atom stereocenters. The molecule has 0 aliphatic heterocycles. The fourth-order valence-corrected chi connectivity index (χ4v) is 1.68. The molecule has 0 saturated carbocycles. The minimum Gasteiger partial charge on any atom is -0.385 e. The third kappa shape index (κ3) is 7.77. The third-order valence-electron chi connectivity index (χ3n) is 2.76. The molecule has 0 spiro atoms. The van der Waals surface area contributed by atoms with Gasteiger partial charge < -0.3 is 14.8 Å². The maximum Gasteiger partial charge on any atom is 0.0480 e. The highest BCUT2D eigenvalue weighted by Gasteiger charge is 2.14. The van der Waals surface area contributed by atoms with E-state index in [-0.39, 0.29) is 0 Å². The van der Waals surface area contributed by atoms with Crippen molar-refractivity contribution in [3.05, 3.63) is 0 Å². The lowest BCUT2D eigenvalue weighted by molar-refractivity contribution is 0.113. The molecule has 0 rings (SSSR count). The molecule has 0 saturated heterocycles. The van der Waals surface area contributed by atoms with Gasteiger partial charge in [-0.3, -0.25) is 0 Å². The van der Waals surface area contributed by atoms with Crippen molar-refractivity contribution < 1.29 is 9.47 Å². The summed E-state index contributed by atoms with van der Waals surface area (Å²) in [5, 5.41) is 3.35. The lowest BCUT2D eigenvalue weighted by atomic mass is 9.96. The van der Waals surface area contributed by atoms with Crippen LogP contribution in [0.5, 0.6) is 0 Å². The highest BCUT2D eigenvalue weighted by molar-refractivity contribution is 4.71. The molecule has 0 aromatic rings. The molecular weight excluding hydrogens is 190 g/mol. The van der Waals surface area contributed by atoms with Crippen molar-refractivity contribution in [3.63, 3.8) is 0 Å². The fraction of sp³-hybridized carbons (Fsp3) is 1.00. The molecule has 0 radical (unpaired) electrons. The maximum atomic E-state index is 5.50. The van der Waals surface area contributed by atoms with Crippen molar-refractivity contribution in [3.8, 4) is 0 Å². The average molecular weight is 217 g/mol. The molecule has 3 heteroatoms. The van der Waals surface area contributed by atoms with Crippen LogP contribution in [0.4, 0.5) is 0 Å².